The van der Waals surface area contributed by atoms with Crippen molar-refractivity contribution in [2.24, 2.45) is 0 Å². The van der Waals surface area contributed by atoms with Crippen molar-refractivity contribution in [1.82, 2.24) is 15.1 Å². The van der Waals surface area contributed by atoms with Crippen LogP contribution in [0.25, 0.3) is 0 Å². The number of aryl methyl sites for hydroxylation is 1. The van der Waals surface area contributed by atoms with Gasteiger partial charge in [0, 0.05) is 17.6 Å². The van der Waals surface area contributed by atoms with Gasteiger partial charge in [-0.2, -0.15) is 5.10 Å². The topological polar surface area (TPSA) is 68.2 Å². The molecule has 0 unspecified atom stereocenters. The summed E-state index contributed by atoms with van der Waals surface area (Å²) in [5.74, 6) is -0.388. The summed E-state index contributed by atoms with van der Waals surface area (Å²) in [6.07, 6.45) is 3.31. The third-order valence-electron chi connectivity index (χ3n) is 2.72. The number of nitrogens with zero attached hydrogens (tertiary/aromatic N) is 2. The van der Waals surface area contributed by atoms with E-state index in [1.54, 1.807) is 23.1 Å². The number of methoxy groups -OCH3 is 1. The lowest BCUT2D eigenvalue weighted by Gasteiger charge is -2.10. The fourth-order valence-corrected chi connectivity index (χ4v) is 3.09. The Morgan fingerprint density at radius 3 is 3.00 bits per heavy atom. The molecule has 9 heteroatoms. The van der Waals surface area contributed by atoms with Crippen molar-refractivity contribution < 1.29 is 9.53 Å². The molecule has 0 aliphatic heterocycles. The van der Waals surface area contributed by atoms with E-state index in [4.69, 9.17) is 28.6 Å². The maximum atomic E-state index is 11.7. The van der Waals surface area contributed by atoms with Gasteiger partial charge in [0.15, 0.2) is 5.11 Å². The Hall–Kier alpha value is -1.64. The monoisotopic (exact) mass is 358 g/mol. The molecule has 0 saturated heterocycles. The van der Waals surface area contributed by atoms with Gasteiger partial charge >= 0.3 is 5.97 Å². The van der Waals surface area contributed by atoms with Crippen LogP contribution in [0.4, 0.5) is 5.00 Å². The highest BCUT2D eigenvalue weighted by Gasteiger charge is 2.16. The van der Waals surface area contributed by atoms with Crippen molar-refractivity contribution in [2.45, 2.75) is 13.5 Å². The van der Waals surface area contributed by atoms with Crippen LogP contribution in [0.3, 0.4) is 0 Å². The molecule has 0 aromatic carbocycles. The van der Waals surface area contributed by atoms with E-state index < -0.39 is 0 Å². The van der Waals surface area contributed by atoms with Crippen LogP contribution >= 0.6 is 35.2 Å². The molecule has 0 bridgehead atoms. The van der Waals surface area contributed by atoms with E-state index in [0.717, 1.165) is 4.88 Å². The van der Waals surface area contributed by atoms with E-state index in [2.05, 4.69) is 15.7 Å². The van der Waals surface area contributed by atoms with E-state index >= 15 is 0 Å². The number of thiophene rings is 1. The van der Waals surface area contributed by atoms with Gasteiger partial charge in [-0.1, -0.05) is 11.6 Å². The summed E-state index contributed by atoms with van der Waals surface area (Å²) >= 11 is 12.5. The summed E-state index contributed by atoms with van der Waals surface area (Å²) in [6.45, 7) is 3.13. The molecule has 0 amide bonds. The lowest BCUT2D eigenvalue weighted by Crippen LogP contribution is -2.31. The minimum atomic E-state index is -0.388. The van der Waals surface area contributed by atoms with E-state index in [1.807, 2.05) is 6.92 Å². The number of hydrogen-bond donors (Lipinski definition) is 2. The summed E-state index contributed by atoms with van der Waals surface area (Å²) in [7, 11) is 1.35. The number of nitrogens with one attached hydrogen (secondary N) is 2. The second-order valence-corrected chi connectivity index (χ2v) is 6.49. The molecule has 2 N–H and O–H groups in total. The lowest BCUT2D eigenvalue weighted by atomic mass is 10.3. The smallest absolute Gasteiger partial charge is 0.340 e. The first-order chi connectivity index (χ1) is 10.5. The van der Waals surface area contributed by atoms with Gasteiger partial charge in [-0.3, -0.25) is 4.68 Å². The van der Waals surface area contributed by atoms with Gasteiger partial charge in [0.2, 0.25) is 0 Å². The van der Waals surface area contributed by atoms with Crippen LogP contribution in [-0.2, 0) is 11.3 Å². The number of thiocarbonyl (C=S) groups is 1. The van der Waals surface area contributed by atoms with Gasteiger partial charge in [0.1, 0.15) is 5.00 Å². The normalized spacial score (nSPS) is 10.3. The van der Waals surface area contributed by atoms with Gasteiger partial charge in [-0.15, -0.1) is 11.3 Å². The maximum Gasteiger partial charge on any atom is 0.340 e. The average molecular weight is 359 g/mol. The Bertz CT molecular complexity index is 683. The van der Waals surface area contributed by atoms with Crippen LogP contribution in [-0.4, -0.2) is 34.5 Å². The van der Waals surface area contributed by atoms with Crippen LogP contribution in [0.1, 0.15) is 15.2 Å². The number of halogens is 1. The van der Waals surface area contributed by atoms with E-state index in [-0.39, 0.29) is 5.97 Å². The minimum Gasteiger partial charge on any atom is -0.465 e. The van der Waals surface area contributed by atoms with Crippen LogP contribution < -0.4 is 10.6 Å². The molecule has 2 rings (SSSR count). The number of rotatable bonds is 5. The zero-order valence-electron chi connectivity index (χ0n) is 12.1. The number of carbonyl (C=O) groups is 1. The van der Waals surface area contributed by atoms with Gasteiger partial charge in [-0.25, -0.2) is 4.79 Å². The number of ether oxygens (including phenoxy) is 1. The van der Waals surface area contributed by atoms with Crippen molar-refractivity contribution >= 4 is 51.2 Å². The number of anilines is 1. The highest BCUT2D eigenvalue weighted by atomic mass is 35.5. The number of hydrogen-bond acceptors (Lipinski definition) is 5. The summed E-state index contributed by atoms with van der Waals surface area (Å²) in [4.78, 5) is 12.7. The lowest BCUT2D eigenvalue weighted by molar-refractivity contribution is 0.0602. The molecule has 22 heavy (non-hydrogen) atoms. The molecular weight excluding hydrogens is 344 g/mol. The zero-order chi connectivity index (χ0) is 16.1. The number of esters is 1. The summed E-state index contributed by atoms with van der Waals surface area (Å²) in [5, 5.41) is 11.8. The van der Waals surface area contributed by atoms with Crippen LogP contribution in [0.5, 0.6) is 0 Å². The van der Waals surface area contributed by atoms with Crippen molar-refractivity contribution in [3.05, 3.63) is 33.9 Å². The molecule has 2 heterocycles. The second kappa shape index (κ2) is 7.57. The van der Waals surface area contributed by atoms with E-state index in [9.17, 15) is 4.79 Å². The fraction of sp³-hybridized carbons (Fsp3) is 0.308. The average Bonchev–Trinajstić information content (AvgIpc) is 3.04. The third-order valence-corrected chi connectivity index (χ3v) is 4.12. The van der Waals surface area contributed by atoms with Gasteiger partial charge in [0.25, 0.3) is 0 Å². The molecule has 2 aromatic rings. The molecule has 2 aromatic heterocycles. The molecule has 0 atom stereocenters. The maximum absolute atomic E-state index is 11.7. The Labute approximate surface area is 142 Å². The molecule has 6 nitrogen and oxygen atoms in total. The molecule has 0 aliphatic rings. The molecule has 0 aliphatic carbocycles. The predicted octanol–water partition coefficient (Wildman–Crippen LogP) is 2.68. The van der Waals surface area contributed by atoms with Gasteiger partial charge in [-0.05, 0) is 25.2 Å². The van der Waals surface area contributed by atoms with E-state index in [0.29, 0.717) is 33.8 Å². The van der Waals surface area contributed by atoms with Crippen molar-refractivity contribution in [3.8, 4) is 0 Å². The Morgan fingerprint density at radius 1 is 1.59 bits per heavy atom. The molecular formula is C13H15ClN4O2S2. The largest absolute Gasteiger partial charge is 0.465 e. The third kappa shape index (κ3) is 4.43. The van der Waals surface area contributed by atoms with Gasteiger partial charge in [0.05, 0.1) is 30.4 Å². The summed E-state index contributed by atoms with van der Waals surface area (Å²) in [6, 6.07) is 1.77. The van der Waals surface area contributed by atoms with Crippen molar-refractivity contribution in [1.29, 1.82) is 0 Å². The first-order valence-corrected chi connectivity index (χ1v) is 8.01. The molecule has 118 valence electrons. The van der Waals surface area contributed by atoms with Crippen molar-refractivity contribution in [2.75, 3.05) is 19.0 Å². The summed E-state index contributed by atoms with van der Waals surface area (Å²) < 4.78 is 6.47. The van der Waals surface area contributed by atoms with Crippen molar-refractivity contribution in [3.63, 3.8) is 0 Å². The van der Waals surface area contributed by atoms with Crippen LogP contribution in [0, 0.1) is 6.92 Å². The quantitative estimate of drug-likeness (QED) is 0.632. The molecule has 0 spiro atoms. The SMILES string of the molecule is COC(=O)c1cc(C)sc1NC(=S)NCCn1cc(Cl)cn1. The second-order valence-electron chi connectivity index (χ2n) is 4.39. The molecule has 0 radical (unpaired) electrons. The van der Waals surface area contributed by atoms with Crippen LogP contribution in [0.15, 0.2) is 18.5 Å². The highest BCUT2D eigenvalue weighted by Crippen LogP contribution is 2.28. The Balaban J connectivity index is 1.88. The predicted molar refractivity (Wildman–Crippen MR) is 91.9 cm³/mol. The van der Waals surface area contributed by atoms with Crippen LogP contribution in [0.2, 0.25) is 5.02 Å². The first-order valence-electron chi connectivity index (χ1n) is 6.41. The Morgan fingerprint density at radius 2 is 2.36 bits per heavy atom. The minimum absolute atomic E-state index is 0.388. The summed E-state index contributed by atoms with van der Waals surface area (Å²) in [5.41, 5.74) is 0.480. The fourth-order valence-electron chi connectivity index (χ4n) is 1.76. The number of carbonyl (C=O) groups excluding carboxylic acids is 1. The van der Waals surface area contributed by atoms with E-state index in [1.165, 1.54) is 18.4 Å². The van der Waals surface area contributed by atoms with Gasteiger partial charge < -0.3 is 15.4 Å². The highest BCUT2D eigenvalue weighted by molar-refractivity contribution is 7.80. The zero-order valence-corrected chi connectivity index (χ0v) is 14.4. The molecule has 0 saturated carbocycles. The first kappa shape index (κ1) is 16.7. The Kier molecular flexibility index (Phi) is 5.76. The number of aromatic nitrogens is 2. The standard InChI is InChI=1S/C13H15ClN4O2S2/c1-8-5-10(12(19)20-2)11(22-8)17-13(21)15-3-4-18-7-9(14)6-16-18/h5-7H,3-4H2,1-2H3,(H2,15,17,21). The molecule has 0 fully saturated rings.